The van der Waals surface area contributed by atoms with Gasteiger partial charge in [-0.05, 0) is 35.2 Å². The molecule has 2 aromatic rings. The summed E-state index contributed by atoms with van der Waals surface area (Å²) in [6.07, 6.45) is 2.27. The summed E-state index contributed by atoms with van der Waals surface area (Å²) in [4.78, 5) is 0.366. The summed E-state index contributed by atoms with van der Waals surface area (Å²) < 4.78 is 23.0. The van der Waals surface area contributed by atoms with E-state index >= 15 is 0 Å². The van der Waals surface area contributed by atoms with Crippen molar-refractivity contribution in [2.75, 3.05) is 12.8 Å². The Morgan fingerprint density at radius 3 is 2.45 bits per heavy atom. The molecule has 20 heavy (non-hydrogen) atoms. The first-order valence-electron chi connectivity index (χ1n) is 6.67. The van der Waals surface area contributed by atoms with Crippen LogP contribution in [0.5, 0.6) is 0 Å². The SMILES string of the molecule is CS(=O)(=O)c1ccc([C@H]2NCCc3ccccc32)cc1. The molecule has 0 saturated heterocycles. The molecule has 0 amide bonds. The molecular formula is C16H17NO2S. The van der Waals surface area contributed by atoms with Crippen molar-refractivity contribution >= 4 is 9.84 Å². The highest BCUT2D eigenvalue weighted by Crippen LogP contribution is 2.29. The van der Waals surface area contributed by atoms with Crippen molar-refractivity contribution in [1.82, 2.24) is 5.32 Å². The van der Waals surface area contributed by atoms with Gasteiger partial charge in [0, 0.05) is 12.8 Å². The van der Waals surface area contributed by atoms with Crippen LogP contribution in [0.1, 0.15) is 22.7 Å². The van der Waals surface area contributed by atoms with Crippen molar-refractivity contribution < 1.29 is 8.42 Å². The number of nitrogens with one attached hydrogen (secondary N) is 1. The van der Waals surface area contributed by atoms with E-state index < -0.39 is 9.84 Å². The number of hydrogen-bond donors (Lipinski definition) is 1. The van der Waals surface area contributed by atoms with Crippen molar-refractivity contribution in [3.63, 3.8) is 0 Å². The summed E-state index contributed by atoms with van der Waals surface area (Å²) in [5.74, 6) is 0. The molecule has 0 bridgehead atoms. The molecule has 3 nitrogen and oxygen atoms in total. The minimum absolute atomic E-state index is 0.147. The number of fused-ring (bicyclic) bond motifs is 1. The Kier molecular flexibility index (Phi) is 3.36. The summed E-state index contributed by atoms with van der Waals surface area (Å²) in [5, 5.41) is 3.50. The van der Waals surface area contributed by atoms with E-state index in [-0.39, 0.29) is 6.04 Å². The predicted molar refractivity (Wildman–Crippen MR) is 79.5 cm³/mol. The maximum absolute atomic E-state index is 11.5. The molecule has 0 spiro atoms. The highest BCUT2D eigenvalue weighted by molar-refractivity contribution is 7.90. The topological polar surface area (TPSA) is 46.2 Å². The van der Waals surface area contributed by atoms with Crippen LogP contribution in [0.2, 0.25) is 0 Å². The van der Waals surface area contributed by atoms with E-state index in [2.05, 4.69) is 23.5 Å². The van der Waals surface area contributed by atoms with Gasteiger partial charge in [0.2, 0.25) is 0 Å². The fraction of sp³-hybridized carbons (Fsp3) is 0.250. The molecule has 104 valence electrons. The Morgan fingerprint density at radius 2 is 1.75 bits per heavy atom. The summed E-state index contributed by atoms with van der Waals surface area (Å²) in [7, 11) is -3.13. The molecule has 1 aliphatic heterocycles. The molecule has 3 rings (SSSR count). The van der Waals surface area contributed by atoms with Gasteiger partial charge >= 0.3 is 0 Å². The van der Waals surface area contributed by atoms with Crippen molar-refractivity contribution in [1.29, 1.82) is 0 Å². The van der Waals surface area contributed by atoms with Crippen LogP contribution in [0.25, 0.3) is 0 Å². The average molecular weight is 287 g/mol. The molecule has 0 aliphatic carbocycles. The Balaban J connectivity index is 1.99. The minimum atomic E-state index is -3.13. The Bertz CT molecular complexity index is 720. The van der Waals surface area contributed by atoms with Crippen molar-refractivity contribution in [3.05, 3.63) is 65.2 Å². The lowest BCUT2D eigenvalue weighted by Gasteiger charge is -2.27. The highest BCUT2D eigenvalue weighted by Gasteiger charge is 2.20. The molecule has 1 N–H and O–H groups in total. The third-order valence-corrected chi connectivity index (χ3v) is 4.88. The summed E-state index contributed by atoms with van der Waals surface area (Å²) in [5.41, 5.74) is 3.75. The smallest absolute Gasteiger partial charge is 0.175 e. The third kappa shape index (κ3) is 2.49. The van der Waals surface area contributed by atoms with Crippen LogP contribution in [-0.2, 0) is 16.3 Å². The third-order valence-electron chi connectivity index (χ3n) is 3.75. The van der Waals surface area contributed by atoms with Gasteiger partial charge in [-0.1, -0.05) is 36.4 Å². The number of rotatable bonds is 2. The Hall–Kier alpha value is -1.65. The monoisotopic (exact) mass is 287 g/mol. The quantitative estimate of drug-likeness (QED) is 0.922. The van der Waals surface area contributed by atoms with E-state index in [0.29, 0.717) is 4.90 Å². The summed E-state index contributed by atoms with van der Waals surface area (Å²) >= 11 is 0. The second kappa shape index (κ2) is 5.04. The highest BCUT2D eigenvalue weighted by atomic mass is 32.2. The first kappa shape index (κ1) is 13.3. The largest absolute Gasteiger partial charge is 0.306 e. The van der Waals surface area contributed by atoms with E-state index in [4.69, 9.17) is 0 Å². The van der Waals surface area contributed by atoms with Crippen LogP contribution in [0.15, 0.2) is 53.4 Å². The summed E-state index contributed by atoms with van der Waals surface area (Å²) in [6.45, 7) is 0.940. The van der Waals surface area contributed by atoms with Gasteiger partial charge in [0.25, 0.3) is 0 Å². The van der Waals surface area contributed by atoms with Gasteiger partial charge in [-0.2, -0.15) is 0 Å². The molecule has 1 atom stereocenters. The van der Waals surface area contributed by atoms with E-state index in [9.17, 15) is 8.42 Å². The van der Waals surface area contributed by atoms with Crippen LogP contribution in [0, 0.1) is 0 Å². The standard InChI is InChI=1S/C16H17NO2S/c1-20(18,19)14-8-6-13(7-9-14)16-15-5-3-2-4-12(15)10-11-17-16/h2-9,16-17H,10-11H2,1H3/t16-/m1/s1. The van der Waals surface area contributed by atoms with E-state index in [1.165, 1.54) is 17.4 Å². The molecule has 0 fully saturated rings. The molecular weight excluding hydrogens is 270 g/mol. The van der Waals surface area contributed by atoms with Crippen LogP contribution in [0.3, 0.4) is 0 Å². The molecule has 4 heteroatoms. The maximum atomic E-state index is 11.5. The second-order valence-electron chi connectivity index (χ2n) is 5.18. The van der Waals surface area contributed by atoms with Crippen LogP contribution < -0.4 is 5.32 Å². The van der Waals surface area contributed by atoms with Crippen molar-refractivity contribution in [3.8, 4) is 0 Å². The lowest BCUT2D eigenvalue weighted by molar-refractivity contribution is 0.567. The molecule has 0 unspecified atom stereocenters. The molecule has 0 aromatic heterocycles. The van der Waals surface area contributed by atoms with Gasteiger partial charge in [0.05, 0.1) is 10.9 Å². The first-order chi connectivity index (χ1) is 9.55. The number of sulfone groups is 1. The van der Waals surface area contributed by atoms with E-state index in [1.54, 1.807) is 12.1 Å². The van der Waals surface area contributed by atoms with E-state index in [1.807, 2.05) is 18.2 Å². The van der Waals surface area contributed by atoms with Gasteiger partial charge in [-0.25, -0.2) is 8.42 Å². The van der Waals surface area contributed by atoms with Gasteiger partial charge in [0.15, 0.2) is 9.84 Å². The van der Waals surface area contributed by atoms with Crippen molar-refractivity contribution in [2.24, 2.45) is 0 Å². The zero-order chi connectivity index (χ0) is 14.2. The van der Waals surface area contributed by atoms with Gasteiger partial charge in [-0.3, -0.25) is 0 Å². The fourth-order valence-corrected chi connectivity index (χ4v) is 3.34. The molecule has 1 heterocycles. The Morgan fingerprint density at radius 1 is 1.05 bits per heavy atom. The van der Waals surface area contributed by atoms with Crippen LogP contribution in [-0.4, -0.2) is 21.2 Å². The molecule has 0 saturated carbocycles. The van der Waals surface area contributed by atoms with E-state index in [0.717, 1.165) is 18.5 Å². The minimum Gasteiger partial charge on any atom is -0.306 e. The lowest BCUT2D eigenvalue weighted by atomic mass is 9.90. The molecule has 2 aromatic carbocycles. The van der Waals surface area contributed by atoms with Crippen LogP contribution >= 0.6 is 0 Å². The second-order valence-corrected chi connectivity index (χ2v) is 7.19. The van der Waals surface area contributed by atoms with Crippen LogP contribution in [0.4, 0.5) is 0 Å². The zero-order valence-electron chi connectivity index (χ0n) is 11.3. The van der Waals surface area contributed by atoms with Gasteiger partial charge in [0.1, 0.15) is 0 Å². The number of benzene rings is 2. The first-order valence-corrected chi connectivity index (χ1v) is 8.56. The fourth-order valence-electron chi connectivity index (χ4n) is 2.71. The number of hydrogen-bond acceptors (Lipinski definition) is 3. The van der Waals surface area contributed by atoms with Crippen molar-refractivity contribution in [2.45, 2.75) is 17.4 Å². The summed E-state index contributed by atoms with van der Waals surface area (Å²) in [6, 6.07) is 15.7. The van der Waals surface area contributed by atoms with Gasteiger partial charge in [-0.15, -0.1) is 0 Å². The lowest BCUT2D eigenvalue weighted by Crippen LogP contribution is -2.30. The molecule has 0 radical (unpaired) electrons. The molecule has 1 aliphatic rings. The maximum Gasteiger partial charge on any atom is 0.175 e. The average Bonchev–Trinajstić information content (AvgIpc) is 2.46. The Labute approximate surface area is 119 Å². The predicted octanol–water partition coefficient (Wildman–Crippen LogP) is 2.33. The zero-order valence-corrected chi connectivity index (χ0v) is 12.2. The normalized spacial score (nSPS) is 18.6. The van der Waals surface area contributed by atoms with Gasteiger partial charge < -0.3 is 5.32 Å².